The van der Waals surface area contributed by atoms with Crippen LogP contribution in [0, 0.1) is 6.92 Å². The van der Waals surface area contributed by atoms with Crippen LogP contribution in [0.25, 0.3) is 0 Å². The van der Waals surface area contributed by atoms with E-state index in [2.05, 4.69) is 41.4 Å². The minimum atomic E-state index is -0.606. The Bertz CT molecular complexity index is 763. The maximum Gasteiger partial charge on any atom is 0.316 e. The average Bonchev–Trinajstić information content (AvgIpc) is 2.93. The van der Waals surface area contributed by atoms with Crippen molar-refractivity contribution in [2.45, 2.75) is 44.8 Å². The van der Waals surface area contributed by atoms with Gasteiger partial charge in [0.05, 0.1) is 11.8 Å². The Hall–Kier alpha value is -1.86. The summed E-state index contributed by atoms with van der Waals surface area (Å²) in [7, 11) is 0. The molecule has 0 radical (unpaired) electrons. The molecular weight excluding hydrogens is 402 g/mol. The van der Waals surface area contributed by atoms with E-state index in [4.69, 9.17) is 26.8 Å². The van der Waals surface area contributed by atoms with Gasteiger partial charge in [-0.2, -0.15) is 0 Å². The predicted octanol–water partition coefficient (Wildman–Crippen LogP) is 3.48. The number of aryl methyl sites for hydroxylation is 1. The summed E-state index contributed by atoms with van der Waals surface area (Å²) in [6.45, 7) is 6.46. The number of primary amides is 1. The van der Waals surface area contributed by atoms with Gasteiger partial charge in [-0.3, -0.25) is 0 Å². The monoisotopic (exact) mass is 433 g/mol. The molecule has 0 spiro atoms. The molecule has 0 bridgehead atoms. The van der Waals surface area contributed by atoms with E-state index in [0.717, 1.165) is 45.5 Å². The molecule has 6 nitrogen and oxygen atoms in total. The molecule has 0 aromatic heterocycles. The van der Waals surface area contributed by atoms with Crippen molar-refractivity contribution >= 4 is 17.6 Å². The zero-order valence-electron chi connectivity index (χ0n) is 17.6. The summed E-state index contributed by atoms with van der Waals surface area (Å²) in [5.41, 5.74) is 8.47. The van der Waals surface area contributed by atoms with Crippen LogP contribution in [0.4, 0.5) is 4.79 Å². The molecule has 2 aliphatic rings. The highest BCUT2D eigenvalue weighted by atomic mass is 35.5. The quantitative estimate of drug-likeness (QED) is 0.615. The predicted molar refractivity (Wildman–Crippen MR) is 119 cm³/mol. The smallest absolute Gasteiger partial charge is 0.316 e. The van der Waals surface area contributed by atoms with E-state index in [1.165, 1.54) is 11.1 Å². The summed E-state index contributed by atoms with van der Waals surface area (Å²) < 4.78 is 12.1. The highest BCUT2D eigenvalue weighted by molar-refractivity contribution is 6.31. The summed E-state index contributed by atoms with van der Waals surface area (Å²) in [6.07, 6.45) is 7.11. The van der Waals surface area contributed by atoms with Gasteiger partial charge in [0.25, 0.3) is 0 Å². The number of carbonyl (C=O) groups is 1. The second-order valence-corrected chi connectivity index (χ2v) is 8.40. The number of ether oxygens (including phenoxy) is 2. The lowest BCUT2D eigenvalue weighted by Gasteiger charge is -2.25. The summed E-state index contributed by atoms with van der Waals surface area (Å²) in [6, 6.07) is 8.09. The molecule has 2 atom stereocenters. The van der Waals surface area contributed by atoms with E-state index in [9.17, 15) is 4.79 Å². The Morgan fingerprint density at radius 2 is 2.17 bits per heavy atom. The number of hydrogen-bond acceptors (Lipinski definition) is 4. The van der Waals surface area contributed by atoms with Crippen molar-refractivity contribution in [1.29, 1.82) is 0 Å². The van der Waals surface area contributed by atoms with Crippen molar-refractivity contribution in [2.24, 2.45) is 5.73 Å². The number of allylic oxidation sites excluding steroid dienone is 2. The molecule has 3 N–H and O–H groups in total. The Labute approximate surface area is 184 Å². The van der Waals surface area contributed by atoms with E-state index in [1.54, 1.807) is 6.08 Å². The first kappa shape index (κ1) is 22.8. The minimum absolute atomic E-state index is 0.219. The molecule has 7 heteroatoms. The summed E-state index contributed by atoms with van der Waals surface area (Å²) in [4.78, 5) is 13.7. The number of carbonyl (C=O) groups excluding carboxylic acids is 1. The molecule has 1 aliphatic heterocycles. The molecule has 1 saturated heterocycles. The van der Waals surface area contributed by atoms with Crippen LogP contribution >= 0.6 is 11.6 Å². The zero-order valence-corrected chi connectivity index (χ0v) is 18.4. The molecule has 30 heavy (non-hydrogen) atoms. The molecule has 1 aromatic rings. The number of urea groups is 1. The maximum absolute atomic E-state index is 11.2. The third-order valence-electron chi connectivity index (χ3n) is 5.39. The normalized spacial score (nSPS) is 22.7. The molecule has 1 fully saturated rings. The average molecular weight is 434 g/mol. The van der Waals surface area contributed by atoms with Crippen LogP contribution < -0.4 is 11.1 Å². The number of amides is 2. The van der Waals surface area contributed by atoms with Crippen molar-refractivity contribution in [2.75, 3.05) is 32.8 Å². The second kappa shape index (κ2) is 11.5. The number of nitrogens with two attached hydrogens (primary N) is 1. The van der Waals surface area contributed by atoms with Gasteiger partial charge in [0, 0.05) is 37.9 Å². The van der Waals surface area contributed by atoms with Crippen molar-refractivity contribution < 1.29 is 14.3 Å². The van der Waals surface area contributed by atoms with Crippen LogP contribution in [0.3, 0.4) is 0 Å². The Morgan fingerprint density at radius 1 is 1.37 bits per heavy atom. The zero-order chi connectivity index (χ0) is 21.3. The Balaban J connectivity index is 1.43. The minimum Gasteiger partial charge on any atom is -0.376 e. The van der Waals surface area contributed by atoms with Gasteiger partial charge in [-0.05, 0) is 44.2 Å². The first-order valence-corrected chi connectivity index (χ1v) is 11.0. The van der Waals surface area contributed by atoms with Gasteiger partial charge in [-0.15, -0.1) is 0 Å². The van der Waals surface area contributed by atoms with E-state index in [-0.39, 0.29) is 12.2 Å². The van der Waals surface area contributed by atoms with Crippen molar-refractivity contribution in [3.63, 3.8) is 0 Å². The van der Waals surface area contributed by atoms with Gasteiger partial charge in [-0.25, -0.2) is 4.79 Å². The lowest BCUT2D eigenvalue weighted by Crippen LogP contribution is -2.36. The Kier molecular flexibility index (Phi) is 8.75. The standard InChI is InChI=1S/C23H32ClN3O3/c1-17-4-6-18(7-5-17)14-20-16-27(10-2-12-29-20)11-3-13-30-22-9-8-19(24)15-21(22)26-23(25)28/h4-8,15,20,22H,2-3,9-14,16H2,1H3,(H3,25,26,28). The molecule has 2 unspecified atom stereocenters. The highest BCUT2D eigenvalue weighted by Gasteiger charge is 2.21. The molecule has 0 saturated carbocycles. The van der Waals surface area contributed by atoms with Gasteiger partial charge in [0.2, 0.25) is 0 Å². The van der Waals surface area contributed by atoms with Crippen LogP contribution in [0.2, 0.25) is 0 Å². The van der Waals surface area contributed by atoms with Crippen LogP contribution in [-0.4, -0.2) is 56.0 Å². The second-order valence-electron chi connectivity index (χ2n) is 7.96. The fraction of sp³-hybridized carbons (Fsp3) is 0.522. The molecule has 2 amide bonds. The lowest BCUT2D eigenvalue weighted by molar-refractivity contribution is 0.0477. The van der Waals surface area contributed by atoms with Crippen LogP contribution in [0.15, 0.2) is 47.1 Å². The topological polar surface area (TPSA) is 76.8 Å². The fourth-order valence-corrected chi connectivity index (χ4v) is 4.07. The number of nitrogens with zero attached hydrogens (tertiary/aromatic N) is 1. The first-order chi connectivity index (χ1) is 14.5. The highest BCUT2D eigenvalue weighted by Crippen LogP contribution is 2.21. The molecule has 3 rings (SSSR count). The molecule has 1 aromatic carbocycles. The largest absolute Gasteiger partial charge is 0.376 e. The van der Waals surface area contributed by atoms with Crippen LogP contribution in [0.1, 0.15) is 30.4 Å². The van der Waals surface area contributed by atoms with E-state index >= 15 is 0 Å². The molecule has 1 aliphatic carbocycles. The molecule has 164 valence electrons. The SMILES string of the molecule is Cc1ccc(CC2CN(CCCOC3CC=C(Cl)C=C3NC(N)=O)CCCO2)cc1. The Morgan fingerprint density at radius 3 is 2.93 bits per heavy atom. The van der Waals surface area contributed by atoms with Gasteiger partial charge in [0.15, 0.2) is 0 Å². The first-order valence-electron chi connectivity index (χ1n) is 10.6. The summed E-state index contributed by atoms with van der Waals surface area (Å²) in [5.74, 6) is 0. The molecule has 1 heterocycles. The third-order valence-corrected chi connectivity index (χ3v) is 5.65. The van der Waals surface area contributed by atoms with Gasteiger partial charge in [-0.1, -0.05) is 47.5 Å². The lowest BCUT2D eigenvalue weighted by atomic mass is 10.1. The van der Waals surface area contributed by atoms with E-state index in [1.807, 2.05) is 6.08 Å². The summed E-state index contributed by atoms with van der Waals surface area (Å²) in [5, 5.41) is 3.20. The number of benzene rings is 1. The van der Waals surface area contributed by atoms with Gasteiger partial charge in [0.1, 0.15) is 6.10 Å². The number of nitrogens with one attached hydrogen (secondary N) is 1. The third kappa shape index (κ3) is 7.43. The van der Waals surface area contributed by atoms with Gasteiger partial charge < -0.3 is 25.4 Å². The summed E-state index contributed by atoms with van der Waals surface area (Å²) >= 11 is 6.04. The van der Waals surface area contributed by atoms with Crippen LogP contribution in [0.5, 0.6) is 0 Å². The number of rotatable bonds is 8. The van der Waals surface area contributed by atoms with Crippen molar-refractivity contribution in [1.82, 2.24) is 10.2 Å². The number of hydrogen-bond donors (Lipinski definition) is 2. The van der Waals surface area contributed by atoms with E-state index in [0.29, 0.717) is 23.8 Å². The van der Waals surface area contributed by atoms with Crippen molar-refractivity contribution in [3.05, 3.63) is 58.3 Å². The molecular formula is C23H32ClN3O3. The van der Waals surface area contributed by atoms with E-state index < -0.39 is 6.03 Å². The number of halogens is 1. The van der Waals surface area contributed by atoms with Crippen LogP contribution in [-0.2, 0) is 15.9 Å². The maximum atomic E-state index is 11.2. The van der Waals surface area contributed by atoms with Gasteiger partial charge >= 0.3 is 6.03 Å². The fourth-order valence-electron chi connectivity index (χ4n) is 3.86. The van der Waals surface area contributed by atoms with Crippen molar-refractivity contribution in [3.8, 4) is 0 Å².